The molecule has 0 aliphatic carbocycles. The highest BCUT2D eigenvalue weighted by Crippen LogP contribution is 2.24. The normalized spacial score (nSPS) is 11.8. The molecule has 0 aliphatic heterocycles. The molecule has 1 aromatic heterocycles. The number of fused-ring (bicyclic) bond motifs is 1. The number of nitrogens with one attached hydrogen (secondary N) is 2. The summed E-state index contributed by atoms with van der Waals surface area (Å²) in [6.45, 7) is 6.42. The summed E-state index contributed by atoms with van der Waals surface area (Å²) in [5.74, 6) is 0.526. The molecule has 2 rings (SSSR count). The van der Waals surface area contributed by atoms with Crippen molar-refractivity contribution in [2.24, 2.45) is 0 Å². The fraction of sp³-hybridized carbons (Fsp3) is 0.467. The highest BCUT2D eigenvalue weighted by atomic mass is 16.1. The highest BCUT2D eigenvalue weighted by Gasteiger charge is 2.24. The molecule has 5 heteroatoms. The lowest BCUT2D eigenvalue weighted by atomic mass is 9.90. The number of aromatic nitrogens is 2. The number of rotatable bonds is 5. The van der Waals surface area contributed by atoms with Gasteiger partial charge in [-0.05, 0) is 37.5 Å². The first-order valence-corrected chi connectivity index (χ1v) is 7.11. The minimum absolute atomic E-state index is 0.0303. The number of hydrogen-bond donors (Lipinski definition) is 3. The number of benzene rings is 1. The molecule has 108 valence electrons. The van der Waals surface area contributed by atoms with Crippen molar-refractivity contribution in [3.63, 3.8) is 0 Å². The van der Waals surface area contributed by atoms with Crippen molar-refractivity contribution >= 4 is 22.5 Å². The molecule has 0 spiro atoms. The maximum atomic E-state index is 12.1. The average Bonchev–Trinajstić information content (AvgIpc) is 2.46. The fourth-order valence-electron chi connectivity index (χ4n) is 2.48. The lowest BCUT2D eigenvalue weighted by molar-refractivity contribution is 0.417. The zero-order chi connectivity index (χ0) is 14.8. The average molecular weight is 274 g/mol. The van der Waals surface area contributed by atoms with E-state index in [1.165, 1.54) is 0 Å². The van der Waals surface area contributed by atoms with E-state index in [1.807, 2.05) is 0 Å². The van der Waals surface area contributed by atoms with Crippen LogP contribution < -0.4 is 16.6 Å². The van der Waals surface area contributed by atoms with E-state index in [0.29, 0.717) is 22.5 Å². The molecule has 0 saturated heterocycles. The first kappa shape index (κ1) is 14.4. The van der Waals surface area contributed by atoms with E-state index in [1.54, 1.807) is 18.2 Å². The fourth-order valence-corrected chi connectivity index (χ4v) is 2.48. The van der Waals surface area contributed by atoms with Crippen molar-refractivity contribution < 1.29 is 0 Å². The van der Waals surface area contributed by atoms with Gasteiger partial charge in [-0.1, -0.05) is 20.8 Å². The van der Waals surface area contributed by atoms with Crippen molar-refractivity contribution in [3.05, 3.63) is 28.6 Å². The van der Waals surface area contributed by atoms with Gasteiger partial charge in [0.15, 0.2) is 0 Å². The molecule has 0 amide bonds. The third kappa shape index (κ3) is 2.61. The third-order valence-corrected chi connectivity index (χ3v) is 4.14. The van der Waals surface area contributed by atoms with Gasteiger partial charge in [-0.15, -0.1) is 0 Å². The van der Waals surface area contributed by atoms with Crippen molar-refractivity contribution in [2.45, 2.75) is 45.6 Å². The van der Waals surface area contributed by atoms with Crippen molar-refractivity contribution in [2.75, 3.05) is 11.1 Å². The number of anilines is 2. The summed E-state index contributed by atoms with van der Waals surface area (Å²) in [5.41, 5.74) is 6.73. The number of nitrogen functional groups attached to an aromatic ring is 1. The lowest BCUT2D eigenvalue weighted by Crippen LogP contribution is -2.37. The molecule has 0 saturated carbocycles. The Balaban J connectivity index is 2.46. The molecular weight excluding hydrogens is 252 g/mol. The largest absolute Gasteiger partial charge is 0.399 e. The summed E-state index contributed by atoms with van der Waals surface area (Å²) in [7, 11) is 0. The first-order chi connectivity index (χ1) is 9.53. The molecular formula is C15H22N4O. The van der Waals surface area contributed by atoms with E-state index < -0.39 is 0 Å². The summed E-state index contributed by atoms with van der Waals surface area (Å²) in [6, 6.07) is 5.18. The third-order valence-electron chi connectivity index (χ3n) is 4.14. The maximum absolute atomic E-state index is 12.1. The van der Waals surface area contributed by atoms with Gasteiger partial charge in [0.05, 0.1) is 10.9 Å². The molecule has 4 N–H and O–H groups in total. The van der Waals surface area contributed by atoms with Crippen molar-refractivity contribution in [1.29, 1.82) is 0 Å². The molecule has 2 aromatic rings. The Morgan fingerprint density at radius 1 is 1.25 bits per heavy atom. The van der Waals surface area contributed by atoms with Crippen molar-refractivity contribution in [1.82, 2.24) is 9.97 Å². The maximum Gasteiger partial charge on any atom is 0.260 e. The number of hydrogen-bond acceptors (Lipinski definition) is 4. The van der Waals surface area contributed by atoms with Gasteiger partial charge in [0.2, 0.25) is 5.95 Å². The van der Waals surface area contributed by atoms with Gasteiger partial charge in [-0.2, -0.15) is 0 Å². The Kier molecular flexibility index (Phi) is 3.97. The second-order valence-corrected chi connectivity index (χ2v) is 5.16. The number of nitrogens with two attached hydrogens (primary N) is 1. The minimum atomic E-state index is -0.165. The van der Waals surface area contributed by atoms with Crippen LogP contribution in [0.3, 0.4) is 0 Å². The predicted molar refractivity (Wildman–Crippen MR) is 84.0 cm³/mol. The standard InChI is InChI=1S/C15H22N4O/c1-4-15(5-2,6-3)19-14-17-12-8-7-10(16)9-11(12)13(20)18-14/h7-9H,4-6,16H2,1-3H3,(H2,17,18,19,20). The SMILES string of the molecule is CCC(CC)(CC)Nc1nc2ccc(N)cc2c(=O)[nH]1. The molecule has 20 heavy (non-hydrogen) atoms. The second kappa shape index (κ2) is 5.53. The summed E-state index contributed by atoms with van der Waals surface area (Å²) in [5, 5.41) is 3.91. The van der Waals surface area contributed by atoms with Crippen LogP contribution in [0, 0.1) is 0 Å². The molecule has 0 atom stereocenters. The van der Waals surface area contributed by atoms with Crippen LogP contribution in [0.4, 0.5) is 11.6 Å². The highest BCUT2D eigenvalue weighted by molar-refractivity contribution is 5.81. The van der Waals surface area contributed by atoms with E-state index in [2.05, 4.69) is 36.1 Å². The molecule has 0 unspecified atom stereocenters. The summed E-state index contributed by atoms with van der Waals surface area (Å²) < 4.78 is 0. The van der Waals surface area contributed by atoms with Gasteiger partial charge in [0.1, 0.15) is 0 Å². The number of nitrogens with zero attached hydrogens (tertiary/aromatic N) is 1. The Morgan fingerprint density at radius 3 is 2.50 bits per heavy atom. The molecule has 1 heterocycles. The quantitative estimate of drug-likeness (QED) is 0.732. The van der Waals surface area contributed by atoms with Gasteiger partial charge in [-0.3, -0.25) is 9.78 Å². The van der Waals surface area contributed by atoms with Gasteiger partial charge in [-0.25, -0.2) is 4.98 Å². The first-order valence-electron chi connectivity index (χ1n) is 7.11. The Labute approximate surface area is 118 Å². The van der Waals surface area contributed by atoms with Crippen LogP contribution >= 0.6 is 0 Å². The summed E-state index contributed by atoms with van der Waals surface area (Å²) in [4.78, 5) is 19.4. The lowest BCUT2D eigenvalue weighted by Gasteiger charge is -2.32. The van der Waals surface area contributed by atoms with Crippen LogP contribution in [-0.4, -0.2) is 15.5 Å². The minimum Gasteiger partial charge on any atom is -0.399 e. The zero-order valence-electron chi connectivity index (χ0n) is 12.3. The van der Waals surface area contributed by atoms with Crippen LogP contribution in [0.25, 0.3) is 10.9 Å². The molecule has 0 aliphatic rings. The van der Waals surface area contributed by atoms with Crippen LogP contribution in [0.15, 0.2) is 23.0 Å². The molecule has 5 nitrogen and oxygen atoms in total. The van der Waals surface area contributed by atoms with E-state index >= 15 is 0 Å². The van der Waals surface area contributed by atoms with Crippen LogP contribution in [0.1, 0.15) is 40.0 Å². The molecule has 0 fully saturated rings. The Morgan fingerprint density at radius 2 is 1.90 bits per heavy atom. The van der Waals surface area contributed by atoms with Gasteiger partial charge in [0.25, 0.3) is 5.56 Å². The second-order valence-electron chi connectivity index (χ2n) is 5.16. The van der Waals surface area contributed by atoms with Crippen LogP contribution in [0.2, 0.25) is 0 Å². The van der Waals surface area contributed by atoms with Gasteiger partial charge < -0.3 is 11.1 Å². The van der Waals surface area contributed by atoms with E-state index in [-0.39, 0.29) is 11.1 Å². The molecule has 1 aromatic carbocycles. The van der Waals surface area contributed by atoms with E-state index in [4.69, 9.17) is 5.73 Å². The number of H-pyrrole nitrogens is 1. The van der Waals surface area contributed by atoms with Crippen molar-refractivity contribution in [3.8, 4) is 0 Å². The molecule has 0 radical (unpaired) electrons. The van der Waals surface area contributed by atoms with E-state index in [0.717, 1.165) is 19.3 Å². The van der Waals surface area contributed by atoms with E-state index in [9.17, 15) is 4.79 Å². The van der Waals surface area contributed by atoms with Crippen LogP contribution in [0.5, 0.6) is 0 Å². The topological polar surface area (TPSA) is 83.8 Å². The van der Waals surface area contributed by atoms with Gasteiger partial charge in [0, 0.05) is 11.2 Å². The smallest absolute Gasteiger partial charge is 0.260 e. The number of aromatic amines is 1. The summed E-state index contributed by atoms with van der Waals surface area (Å²) >= 11 is 0. The Bertz CT molecular complexity index is 650. The predicted octanol–water partition coefficient (Wildman–Crippen LogP) is 2.89. The van der Waals surface area contributed by atoms with Gasteiger partial charge >= 0.3 is 0 Å². The van der Waals surface area contributed by atoms with Crippen LogP contribution in [-0.2, 0) is 0 Å². The molecule has 0 bridgehead atoms. The monoisotopic (exact) mass is 274 g/mol. The Hall–Kier alpha value is -2.04. The summed E-state index contributed by atoms with van der Waals surface area (Å²) in [6.07, 6.45) is 2.93. The zero-order valence-corrected chi connectivity index (χ0v) is 12.3.